The first-order valence-corrected chi connectivity index (χ1v) is 11.9. The van der Waals surface area contributed by atoms with Crippen molar-refractivity contribution in [3.63, 3.8) is 0 Å². The minimum absolute atomic E-state index is 0.239. The maximum absolute atomic E-state index is 11.8. The Morgan fingerprint density at radius 1 is 1.17 bits per heavy atom. The zero-order valence-electron chi connectivity index (χ0n) is 14.3. The van der Waals surface area contributed by atoms with Crippen LogP contribution in [0.2, 0.25) is 0 Å². The van der Waals surface area contributed by atoms with Gasteiger partial charge in [-0.25, -0.2) is 23.1 Å². The number of nitrogens with zero attached hydrogens (tertiary/aromatic N) is 2. The summed E-state index contributed by atoms with van der Waals surface area (Å²) >= 11 is 0. The predicted octanol–water partition coefficient (Wildman–Crippen LogP) is -3.11. The lowest BCUT2D eigenvalue weighted by Gasteiger charge is -2.27. The predicted molar refractivity (Wildman–Crippen MR) is 89.8 cm³/mol. The zero-order valence-corrected chi connectivity index (χ0v) is 17.0. The van der Waals surface area contributed by atoms with E-state index in [1.54, 1.807) is 0 Å². The molecule has 0 amide bonds. The van der Waals surface area contributed by atoms with E-state index < -0.39 is 60.0 Å². The Balaban J connectivity index is 2.12. The Morgan fingerprint density at radius 3 is 2.30 bits per heavy atom. The number of phosphoric ester groups is 1. The summed E-state index contributed by atoms with van der Waals surface area (Å²) in [5, 5.41) is 30.4. The van der Waals surface area contributed by atoms with Crippen molar-refractivity contribution in [2.24, 2.45) is 0 Å². The van der Waals surface area contributed by atoms with Gasteiger partial charge < -0.3 is 45.4 Å². The SMILES string of the molecule is Nc1ccn([C@]2(O)O[C@H](COP(=O)(O)OP(=O)(O)OP(=O)(O)O)[C@@H](O)[C@H]2O)c(=O)n1. The average molecular weight is 499 g/mol. The third kappa shape index (κ3) is 6.00. The number of aliphatic hydroxyl groups is 3. The van der Waals surface area contributed by atoms with Crippen LogP contribution in [0.25, 0.3) is 0 Å². The van der Waals surface area contributed by atoms with E-state index in [0.717, 1.165) is 12.3 Å². The van der Waals surface area contributed by atoms with Crippen molar-refractivity contribution in [2.45, 2.75) is 24.2 Å². The highest BCUT2D eigenvalue weighted by Gasteiger charge is 2.56. The lowest BCUT2D eigenvalue weighted by atomic mass is 10.1. The molecule has 1 aromatic rings. The standard InChI is InChI=1S/C9H16N3O15P3/c10-5-1-2-12(8(15)11-5)9(16)7(14)6(13)4(25-9)3-24-29(20,21)27-30(22,23)26-28(17,18)19/h1-2,4,6-7,13-14,16H,3H2,(H,20,21)(H,22,23)(H2,10,11,15)(H2,17,18,19)/t4-,6-,7-,9-/m1/s1. The number of rotatable bonds is 8. The van der Waals surface area contributed by atoms with Gasteiger partial charge in [0.1, 0.15) is 18.0 Å². The molecule has 0 saturated carbocycles. The third-order valence-electron chi connectivity index (χ3n) is 3.40. The molecule has 2 rings (SSSR count). The monoisotopic (exact) mass is 499 g/mol. The number of aromatic nitrogens is 2. The summed E-state index contributed by atoms with van der Waals surface area (Å²) in [6.45, 7) is -1.19. The molecule has 30 heavy (non-hydrogen) atoms. The molecule has 172 valence electrons. The second-order valence-corrected chi connectivity index (χ2v) is 10.1. The molecule has 9 N–H and O–H groups in total. The van der Waals surface area contributed by atoms with Crippen LogP contribution in [0.3, 0.4) is 0 Å². The van der Waals surface area contributed by atoms with Crippen LogP contribution in [0.4, 0.5) is 5.82 Å². The fourth-order valence-electron chi connectivity index (χ4n) is 2.25. The Hall–Kier alpha value is -1.07. The minimum Gasteiger partial charge on any atom is -0.387 e. The largest absolute Gasteiger partial charge is 0.490 e. The number of nitrogens with two attached hydrogens (primary N) is 1. The van der Waals surface area contributed by atoms with Gasteiger partial charge in [0.25, 0.3) is 5.91 Å². The highest BCUT2D eigenvalue weighted by molar-refractivity contribution is 7.66. The van der Waals surface area contributed by atoms with Crippen molar-refractivity contribution in [1.82, 2.24) is 9.55 Å². The van der Waals surface area contributed by atoms with Gasteiger partial charge in [-0.3, -0.25) is 4.52 Å². The number of anilines is 1. The molecule has 18 nitrogen and oxygen atoms in total. The lowest BCUT2D eigenvalue weighted by Crippen LogP contribution is -2.50. The Labute approximate surface area is 165 Å². The molecule has 0 aliphatic carbocycles. The molecule has 0 aromatic carbocycles. The van der Waals surface area contributed by atoms with Crippen LogP contribution in [-0.4, -0.2) is 69.4 Å². The molecular formula is C9H16N3O15P3. The summed E-state index contributed by atoms with van der Waals surface area (Å²) in [6, 6.07) is 1.04. The Bertz CT molecular complexity index is 993. The Kier molecular flexibility index (Phi) is 7.10. The second kappa shape index (κ2) is 8.46. The van der Waals surface area contributed by atoms with Gasteiger partial charge in [0.05, 0.1) is 6.61 Å². The van der Waals surface area contributed by atoms with Crippen molar-refractivity contribution in [1.29, 1.82) is 0 Å². The van der Waals surface area contributed by atoms with Crippen molar-refractivity contribution in [3.05, 3.63) is 22.7 Å². The van der Waals surface area contributed by atoms with Crippen LogP contribution in [0.1, 0.15) is 0 Å². The molecule has 2 unspecified atom stereocenters. The number of hydrogen-bond donors (Lipinski definition) is 8. The summed E-state index contributed by atoms with van der Waals surface area (Å²) in [5.74, 6) is -3.15. The topological polar surface area (TPSA) is 291 Å². The summed E-state index contributed by atoms with van der Waals surface area (Å²) < 4.78 is 50.0. The second-order valence-electron chi connectivity index (χ2n) is 5.64. The maximum atomic E-state index is 11.8. The van der Waals surface area contributed by atoms with Crippen molar-refractivity contribution >= 4 is 29.3 Å². The van der Waals surface area contributed by atoms with E-state index in [-0.39, 0.29) is 5.82 Å². The summed E-state index contributed by atoms with van der Waals surface area (Å²) in [7, 11) is -16.9. The van der Waals surface area contributed by atoms with Gasteiger partial charge in [-0.2, -0.15) is 13.6 Å². The van der Waals surface area contributed by atoms with E-state index in [2.05, 4.69) is 18.1 Å². The fourth-order valence-corrected chi connectivity index (χ4v) is 5.28. The molecule has 0 spiro atoms. The molecule has 21 heteroatoms. The molecule has 2 heterocycles. The van der Waals surface area contributed by atoms with Crippen LogP contribution in [-0.2, 0) is 37.5 Å². The van der Waals surface area contributed by atoms with Gasteiger partial charge in [0.2, 0.25) is 0 Å². The maximum Gasteiger partial charge on any atom is 0.490 e. The minimum atomic E-state index is -5.78. The Morgan fingerprint density at radius 2 is 1.77 bits per heavy atom. The zero-order chi connectivity index (χ0) is 23.1. The van der Waals surface area contributed by atoms with Crippen molar-refractivity contribution in [3.8, 4) is 0 Å². The fraction of sp³-hybridized carbons (Fsp3) is 0.556. The van der Waals surface area contributed by atoms with E-state index in [0.29, 0.717) is 4.57 Å². The molecule has 1 aliphatic rings. The van der Waals surface area contributed by atoms with E-state index in [1.807, 2.05) is 0 Å². The van der Waals surface area contributed by atoms with E-state index in [4.69, 9.17) is 25.2 Å². The van der Waals surface area contributed by atoms with Crippen LogP contribution in [0, 0.1) is 0 Å². The first kappa shape index (κ1) is 25.2. The highest BCUT2D eigenvalue weighted by Crippen LogP contribution is 2.66. The van der Waals surface area contributed by atoms with Gasteiger partial charge in [0.15, 0.2) is 6.10 Å². The molecule has 0 radical (unpaired) electrons. The number of nitrogen functional groups attached to an aromatic ring is 1. The quantitative estimate of drug-likeness (QED) is 0.164. The molecule has 1 fully saturated rings. The number of hydrogen-bond acceptors (Lipinski definition) is 13. The molecule has 1 saturated heterocycles. The summed E-state index contributed by atoms with van der Waals surface area (Å²) in [5.41, 5.74) is 4.09. The first-order chi connectivity index (χ1) is 13.5. The van der Waals surface area contributed by atoms with Crippen molar-refractivity contribution < 1.29 is 66.5 Å². The van der Waals surface area contributed by atoms with Crippen molar-refractivity contribution in [2.75, 3.05) is 12.3 Å². The van der Waals surface area contributed by atoms with Gasteiger partial charge in [-0.15, -0.1) is 0 Å². The van der Waals surface area contributed by atoms with E-state index in [9.17, 15) is 38.7 Å². The molecule has 1 aliphatic heterocycles. The summed E-state index contributed by atoms with van der Waals surface area (Å²) in [4.78, 5) is 50.4. The number of ether oxygens (including phenoxy) is 1. The normalized spacial score (nSPS) is 31.2. The molecule has 6 atom stereocenters. The van der Waals surface area contributed by atoms with Crippen LogP contribution < -0.4 is 11.4 Å². The van der Waals surface area contributed by atoms with Crippen LogP contribution in [0.15, 0.2) is 17.1 Å². The van der Waals surface area contributed by atoms with Gasteiger partial charge in [-0.05, 0) is 6.07 Å². The number of phosphoric acid groups is 3. The molecular weight excluding hydrogens is 483 g/mol. The third-order valence-corrected chi connectivity index (χ3v) is 7.21. The lowest BCUT2D eigenvalue weighted by molar-refractivity contribution is -0.290. The molecule has 0 bridgehead atoms. The number of aliphatic hydroxyl groups excluding tert-OH is 2. The van der Waals surface area contributed by atoms with E-state index >= 15 is 0 Å². The molecule has 1 aromatic heterocycles. The smallest absolute Gasteiger partial charge is 0.387 e. The first-order valence-electron chi connectivity index (χ1n) is 7.36. The average Bonchev–Trinajstić information content (AvgIpc) is 2.74. The van der Waals surface area contributed by atoms with Gasteiger partial charge in [-0.1, -0.05) is 0 Å². The van der Waals surface area contributed by atoms with E-state index in [1.165, 1.54) is 0 Å². The van der Waals surface area contributed by atoms with Gasteiger partial charge >= 0.3 is 29.2 Å². The van der Waals surface area contributed by atoms with Crippen LogP contribution in [0.5, 0.6) is 0 Å². The van der Waals surface area contributed by atoms with Gasteiger partial charge in [0, 0.05) is 6.20 Å². The highest BCUT2D eigenvalue weighted by atomic mass is 31.3. The summed E-state index contributed by atoms with van der Waals surface area (Å²) in [6.07, 6.45) is -5.20. The van der Waals surface area contributed by atoms with Crippen LogP contribution >= 0.6 is 23.5 Å².